The molecular formula is C23H25N3O5. The molecule has 4 amide bonds. The third kappa shape index (κ3) is 6.40. The zero-order valence-electron chi connectivity index (χ0n) is 17.3. The Bertz CT molecular complexity index is 943. The first-order valence-electron chi connectivity index (χ1n) is 10.1. The molecule has 8 nitrogen and oxygen atoms in total. The SMILES string of the molecule is CC(OC(=O)c1ccc(CN2CCCC2=O)cc1)C(=O)NC(=O)NCc1ccccc1. The quantitative estimate of drug-likeness (QED) is 0.666. The molecule has 1 heterocycles. The molecule has 1 aliphatic rings. The summed E-state index contributed by atoms with van der Waals surface area (Å²) in [4.78, 5) is 49.8. The number of ether oxygens (including phenoxy) is 1. The van der Waals surface area contributed by atoms with Gasteiger partial charge in [0.1, 0.15) is 0 Å². The Labute approximate surface area is 180 Å². The number of hydrogen-bond donors (Lipinski definition) is 2. The zero-order chi connectivity index (χ0) is 22.2. The molecule has 8 heteroatoms. The van der Waals surface area contributed by atoms with Crippen LogP contribution in [0.4, 0.5) is 4.79 Å². The number of likely N-dealkylation sites (tertiary alicyclic amines) is 1. The van der Waals surface area contributed by atoms with Crippen LogP contribution in [0, 0.1) is 0 Å². The monoisotopic (exact) mass is 423 g/mol. The molecular weight excluding hydrogens is 398 g/mol. The summed E-state index contributed by atoms with van der Waals surface area (Å²) in [6.07, 6.45) is 0.305. The van der Waals surface area contributed by atoms with Crippen LogP contribution in [-0.2, 0) is 27.4 Å². The van der Waals surface area contributed by atoms with Gasteiger partial charge in [0.15, 0.2) is 6.10 Å². The highest BCUT2D eigenvalue weighted by Gasteiger charge is 2.22. The molecule has 0 radical (unpaired) electrons. The molecule has 0 bridgehead atoms. The summed E-state index contributed by atoms with van der Waals surface area (Å²) in [7, 11) is 0. The topological polar surface area (TPSA) is 105 Å². The minimum absolute atomic E-state index is 0.135. The van der Waals surface area contributed by atoms with Crippen molar-refractivity contribution in [1.82, 2.24) is 15.5 Å². The van der Waals surface area contributed by atoms with Gasteiger partial charge in [-0.2, -0.15) is 0 Å². The Morgan fingerprint density at radius 1 is 1.03 bits per heavy atom. The molecule has 0 spiro atoms. The molecule has 1 aliphatic heterocycles. The Kier molecular flexibility index (Phi) is 7.37. The molecule has 31 heavy (non-hydrogen) atoms. The van der Waals surface area contributed by atoms with Crippen LogP contribution in [0.3, 0.4) is 0 Å². The Balaban J connectivity index is 1.44. The highest BCUT2D eigenvalue weighted by molar-refractivity contribution is 5.98. The van der Waals surface area contributed by atoms with E-state index in [4.69, 9.17) is 4.74 Å². The number of urea groups is 1. The molecule has 1 saturated heterocycles. The fraction of sp³-hybridized carbons (Fsp3) is 0.304. The van der Waals surface area contributed by atoms with Crippen molar-refractivity contribution >= 4 is 23.8 Å². The first-order chi connectivity index (χ1) is 14.9. The van der Waals surface area contributed by atoms with Crippen LogP contribution < -0.4 is 10.6 Å². The van der Waals surface area contributed by atoms with Crippen molar-refractivity contribution in [2.24, 2.45) is 0 Å². The number of nitrogens with one attached hydrogen (secondary N) is 2. The van der Waals surface area contributed by atoms with Gasteiger partial charge >= 0.3 is 12.0 Å². The van der Waals surface area contributed by atoms with Crippen LogP contribution in [-0.4, -0.2) is 41.4 Å². The lowest BCUT2D eigenvalue weighted by Gasteiger charge is -2.16. The van der Waals surface area contributed by atoms with Crippen molar-refractivity contribution in [1.29, 1.82) is 0 Å². The van der Waals surface area contributed by atoms with E-state index in [9.17, 15) is 19.2 Å². The van der Waals surface area contributed by atoms with Gasteiger partial charge in [0, 0.05) is 26.1 Å². The van der Waals surface area contributed by atoms with E-state index in [1.165, 1.54) is 6.92 Å². The zero-order valence-corrected chi connectivity index (χ0v) is 17.3. The van der Waals surface area contributed by atoms with Gasteiger partial charge in [0.2, 0.25) is 5.91 Å². The molecule has 0 saturated carbocycles. The van der Waals surface area contributed by atoms with E-state index >= 15 is 0 Å². The molecule has 2 aromatic rings. The highest BCUT2D eigenvalue weighted by atomic mass is 16.5. The van der Waals surface area contributed by atoms with Gasteiger partial charge in [-0.25, -0.2) is 9.59 Å². The third-order valence-electron chi connectivity index (χ3n) is 4.92. The van der Waals surface area contributed by atoms with Gasteiger partial charge in [-0.05, 0) is 36.6 Å². The van der Waals surface area contributed by atoms with Gasteiger partial charge in [0.05, 0.1) is 5.56 Å². The minimum Gasteiger partial charge on any atom is -0.449 e. The van der Waals surface area contributed by atoms with Crippen molar-refractivity contribution in [2.45, 2.75) is 39.0 Å². The normalized spacial score (nSPS) is 14.1. The number of rotatable bonds is 7. The van der Waals surface area contributed by atoms with Gasteiger partial charge in [-0.3, -0.25) is 14.9 Å². The molecule has 162 valence electrons. The number of hydrogen-bond acceptors (Lipinski definition) is 5. The van der Waals surface area contributed by atoms with Gasteiger partial charge in [0.25, 0.3) is 5.91 Å². The Morgan fingerprint density at radius 2 is 1.74 bits per heavy atom. The maximum Gasteiger partial charge on any atom is 0.338 e. The van der Waals surface area contributed by atoms with Crippen LogP contribution in [0.2, 0.25) is 0 Å². The number of nitrogens with zero attached hydrogens (tertiary/aromatic N) is 1. The second kappa shape index (κ2) is 10.4. The number of imide groups is 1. The maximum atomic E-state index is 12.3. The number of carbonyl (C=O) groups excluding carboxylic acids is 4. The number of carbonyl (C=O) groups is 4. The van der Waals surface area contributed by atoms with Crippen molar-refractivity contribution in [3.8, 4) is 0 Å². The predicted molar refractivity (Wildman–Crippen MR) is 113 cm³/mol. The van der Waals surface area contributed by atoms with Crippen molar-refractivity contribution in [2.75, 3.05) is 6.54 Å². The average Bonchev–Trinajstić information content (AvgIpc) is 3.17. The van der Waals surface area contributed by atoms with E-state index in [1.807, 2.05) is 30.3 Å². The number of amides is 4. The largest absolute Gasteiger partial charge is 0.449 e. The van der Waals surface area contributed by atoms with E-state index in [2.05, 4.69) is 10.6 Å². The fourth-order valence-corrected chi connectivity index (χ4v) is 3.16. The molecule has 3 rings (SSSR count). The average molecular weight is 423 g/mol. The minimum atomic E-state index is -1.14. The summed E-state index contributed by atoms with van der Waals surface area (Å²) >= 11 is 0. The van der Waals surface area contributed by atoms with Gasteiger partial charge in [-0.15, -0.1) is 0 Å². The molecule has 1 fully saturated rings. The van der Waals surface area contributed by atoms with Crippen LogP contribution in [0.1, 0.15) is 41.3 Å². The molecule has 0 aliphatic carbocycles. The number of esters is 1. The van der Waals surface area contributed by atoms with Crippen LogP contribution in [0.15, 0.2) is 54.6 Å². The number of benzene rings is 2. The fourth-order valence-electron chi connectivity index (χ4n) is 3.16. The predicted octanol–water partition coefficient (Wildman–Crippen LogP) is 2.38. The summed E-state index contributed by atoms with van der Waals surface area (Å²) in [5, 5.41) is 4.73. The molecule has 1 unspecified atom stereocenters. The standard InChI is InChI=1S/C23H25N3O5/c1-16(21(28)25-23(30)24-14-17-6-3-2-4-7-17)31-22(29)19-11-9-18(10-12-19)15-26-13-5-8-20(26)27/h2-4,6-7,9-12,16H,5,8,13-15H2,1H3,(H2,24,25,28,30). The van der Waals surface area contributed by atoms with Gasteiger partial charge < -0.3 is 15.0 Å². The first-order valence-corrected chi connectivity index (χ1v) is 10.1. The van der Waals surface area contributed by atoms with E-state index in [-0.39, 0.29) is 18.0 Å². The second-order valence-electron chi connectivity index (χ2n) is 7.32. The van der Waals surface area contributed by atoms with E-state index in [1.54, 1.807) is 29.2 Å². The van der Waals surface area contributed by atoms with Gasteiger partial charge in [-0.1, -0.05) is 42.5 Å². The third-order valence-corrected chi connectivity index (χ3v) is 4.92. The Hall–Kier alpha value is -3.68. The van der Waals surface area contributed by atoms with Crippen molar-refractivity contribution < 1.29 is 23.9 Å². The summed E-state index contributed by atoms with van der Waals surface area (Å²) in [5.74, 6) is -1.25. The van der Waals surface area contributed by atoms with Crippen LogP contribution in [0.25, 0.3) is 0 Å². The van der Waals surface area contributed by atoms with E-state index in [0.717, 1.165) is 24.1 Å². The summed E-state index contributed by atoms with van der Waals surface area (Å²) in [6.45, 7) is 2.91. The lowest BCUT2D eigenvalue weighted by Crippen LogP contribution is -2.44. The maximum absolute atomic E-state index is 12.3. The molecule has 1 atom stereocenters. The van der Waals surface area contributed by atoms with Crippen molar-refractivity contribution in [3.63, 3.8) is 0 Å². The summed E-state index contributed by atoms with van der Waals surface area (Å²) in [6, 6.07) is 15.3. The second-order valence-corrected chi connectivity index (χ2v) is 7.32. The molecule has 0 aromatic heterocycles. The first kappa shape index (κ1) is 22.0. The Morgan fingerprint density at radius 3 is 2.39 bits per heavy atom. The van der Waals surface area contributed by atoms with E-state index < -0.39 is 24.0 Å². The summed E-state index contributed by atoms with van der Waals surface area (Å²) < 4.78 is 5.16. The van der Waals surface area contributed by atoms with Crippen LogP contribution in [0.5, 0.6) is 0 Å². The molecule has 2 N–H and O–H groups in total. The van der Waals surface area contributed by atoms with Crippen LogP contribution >= 0.6 is 0 Å². The van der Waals surface area contributed by atoms with E-state index in [0.29, 0.717) is 13.0 Å². The molecule has 2 aromatic carbocycles. The smallest absolute Gasteiger partial charge is 0.338 e. The van der Waals surface area contributed by atoms with Crippen molar-refractivity contribution in [3.05, 3.63) is 71.3 Å². The lowest BCUT2D eigenvalue weighted by atomic mass is 10.1. The lowest BCUT2D eigenvalue weighted by molar-refractivity contribution is -0.128. The summed E-state index contributed by atoms with van der Waals surface area (Å²) in [5.41, 5.74) is 2.08. The highest BCUT2D eigenvalue weighted by Crippen LogP contribution is 2.15.